The maximum atomic E-state index is 13.2. The second-order valence-electron chi connectivity index (χ2n) is 10.5. The smallest absolute Gasteiger partial charge is 0.161 e. The van der Waals surface area contributed by atoms with Gasteiger partial charge in [-0.2, -0.15) is 0 Å². The highest BCUT2D eigenvalue weighted by molar-refractivity contribution is 5.98. The monoisotopic (exact) mass is 444 g/mol. The van der Waals surface area contributed by atoms with Crippen LogP contribution in [0.2, 0.25) is 0 Å². The number of phenolic OH excluding ortho intramolecular Hbond substituents is 1. The van der Waals surface area contributed by atoms with E-state index in [-0.39, 0.29) is 11.2 Å². The van der Waals surface area contributed by atoms with Crippen LogP contribution in [0.1, 0.15) is 105 Å². The number of unbranched alkanes of at least 4 members (excludes halogenated alkanes) is 2. The van der Waals surface area contributed by atoms with Gasteiger partial charge in [0.2, 0.25) is 0 Å². The molecule has 3 heteroatoms. The second kappa shape index (κ2) is 13.2. The summed E-state index contributed by atoms with van der Waals surface area (Å²) in [5.41, 5.74) is 2.77. The summed E-state index contributed by atoms with van der Waals surface area (Å²) in [7, 11) is 1.74. The zero-order chi connectivity index (χ0) is 24.4. The standard InChI is InChI=1S/C26H40O3.C3H8/c1-19(11-8-7-9-12-21-13-10-14-22(27)18-21)17-23(28)24-20(2)15-16-25(3,4)26(24,5)29-6;1-3-2/h10,13-14,18-19,27H,7-9,11-12,15-17H2,1-6H3;3H2,1-2H3. The third-order valence-electron chi connectivity index (χ3n) is 7.11. The van der Waals surface area contributed by atoms with E-state index < -0.39 is 5.60 Å². The Balaban J connectivity index is 0.00000161. The van der Waals surface area contributed by atoms with Gasteiger partial charge in [-0.1, -0.05) is 78.0 Å². The Morgan fingerprint density at radius 2 is 1.81 bits per heavy atom. The number of phenols is 1. The number of ketones is 1. The van der Waals surface area contributed by atoms with Crippen molar-refractivity contribution in [3.8, 4) is 5.75 Å². The molecule has 0 aliphatic heterocycles. The highest BCUT2D eigenvalue weighted by Gasteiger charge is 2.49. The van der Waals surface area contributed by atoms with E-state index in [4.69, 9.17) is 4.74 Å². The van der Waals surface area contributed by atoms with Crippen LogP contribution in [-0.2, 0) is 16.0 Å². The van der Waals surface area contributed by atoms with Crippen molar-refractivity contribution in [2.45, 2.75) is 112 Å². The molecule has 2 atom stereocenters. The van der Waals surface area contributed by atoms with Crippen molar-refractivity contribution in [3.63, 3.8) is 0 Å². The molecule has 1 aromatic rings. The molecule has 0 saturated heterocycles. The average Bonchev–Trinajstić information content (AvgIpc) is 2.71. The number of carbonyl (C=O) groups is 1. The highest BCUT2D eigenvalue weighted by atomic mass is 16.5. The molecule has 0 heterocycles. The van der Waals surface area contributed by atoms with Crippen LogP contribution in [0, 0.1) is 11.3 Å². The highest BCUT2D eigenvalue weighted by Crippen LogP contribution is 2.49. The van der Waals surface area contributed by atoms with Gasteiger partial charge in [0.15, 0.2) is 5.78 Å². The predicted molar refractivity (Wildman–Crippen MR) is 136 cm³/mol. The fourth-order valence-corrected chi connectivity index (χ4v) is 4.72. The van der Waals surface area contributed by atoms with Crippen LogP contribution in [0.3, 0.4) is 0 Å². The van der Waals surface area contributed by atoms with Gasteiger partial charge >= 0.3 is 0 Å². The van der Waals surface area contributed by atoms with Crippen molar-refractivity contribution in [1.29, 1.82) is 0 Å². The molecule has 0 amide bonds. The first-order valence-corrected chi connectivity index (χ1v) is 12.6. The van der Waals surface area contributed by atoms with E-state index in [1.807, 2.05) is 12.1 Å². The molecule has 32 heavy (non-hydrogen) atoms. The molecular weight excluding hydrogens is 396 g/mol. The van der Waals surface area contributed by atoms with Gasteiger partial charge in [0.1, 0.15) is 5.75 Å². The second-order valence-corrected chi connectivity index (χ2v) is 10.5. The van der Waals surface area contributed by atoms with Crippen molar-refractivity contribution in [2.24, 2.45) is 11.3 Å². The summed E-state index contributed by atoms with van der Waals surface area (Å²) < 4.78 is 5.95. The number of methoxy groups -OCH3 is 1. The Labute approximate surface area is 197 Å². The number of ether oxygens (including phenoxy) is 1. The Hall–Kier alpha value is -1.61. The third-order valence-corrected chi connectivity index (χ3v) is 7.11. The van der Waals surface area contributed by atoms with Crippen LogP contribution in [0.15, 0.2) is 35.4 Å². The van der Waals surface area contributed by atoms with Gasteiger partial charge in [0.25, 0.3) is 0 Å². The van der Waals surface area contributed by atoms with Gasteiger partial charge < -0.3 is 9.84 Å². The quantitative estimate of drug-likeness (QED) is 0.371. The van der Waals surface area contributed by atoms with Crippen molar-refractivity contribution in [3.05, 3.63) is 41.0 Å². The van der Waals surface area contributed by atoms with Gasteiger partial charge in [-0.15, -0.1) is 0 Å². The van der Waals surface area contributed by atoms with Crippen LogP contribution in [-0.4, -0.2) is 23.6 Å². The average molecular weight is 445 g/mol. The predicted octanol–water partition coefficient (Wildman–Crippen LogP) is 8.05. The van der Waals surface area contributed by atoms with Gasteiger partial charge in [-0.25, -0.2) is 0 Å². The number of hydrogen-bond donors (Lipinski definition) is 1. The maximum absolute atomic E-state index is 13.2. The molecule has 0 saturated carbocycles. The summed E-state index contributed by atoms with van der Waals surface area (Å²) in [6.45, 7) is 15.1. The number of benzene rings is 1. The minimum Gasteiger partial charge on any atom is -0.508 e. The van der Waals surface area contributed by atoms with E-state index in [2.05, 4.69) is 54.5 Å². The molecule has 1 aliphatic carbocycles. The molecule has 0 fully saturated rings. The Morgan fingerprint density at radius 1 is 1.16 bits per heavy atom. The molecule has 2 rings (SSSR count). The lowest BCUT2D eigenvalue weighted by molar-refractivity contribution is -0.124. The molecule has 0 radical (unpaired) electrons. The van der Waals surface area contributed by atoms with Gasteiger partial charge in [0, 0.05) is 19.1 Å². The molecule has 1 N–H and O–H groups in total. The molecule has 1 aromatic carbocycles. The van der Waals surface area contributed by atoms with Crippen LogP contribution >= 0.6 is 0 Å². The molecule has 182 valence electrons. The molecule has 0 spiro atoms. The van der Waals surface area contributed by atoms with Gasteiger partial charge in [0.05, 0.1) is 5.60 Å². The van der Waals surface area contributed by atoms with Crippen molar-refractivity contribution in [1.82, 2.24) is 0 Å². The fourth-order valence-electron chi connectivity index (χ4n) is 4.72. The number of allylic oxidation sites excluding steroid dienone is 1. The number of hydrogen-bond acceptors (Lipinski definition) is 3. The SMILES string of the molecule is CCC.COC1(C)C(C(=O)CC(C)CCCCCc2cccc(O)c2)=C(C)CCC1(C)C. The molecule has 3 nitrogen and oxygen atoms in total. The number of aromatic hydroxyl groups is 1. The lowest BCUT2D eigenvalue weighted by Crippen LogP contribution is -2.50. The van der Waals surface area contributed by atoms with Crippen LogP contribution in [0.4, 0.5) is 0 Å². The molecular formula is C29H48O3. The lowest BCUT2D eigenvalue weighted by Gasteiger charge is -2.48. The molecule has 2 unspecified atom stereocenters. The summed E-state index contributed by atoms with van der Waals surface area (Å²) >= 11 is 0. The van der Waals surface area contributed by atoms with Gasteiger partial charge in [-0.3, -0.25) is 4.79 Å². The van der Waals surface area contributed by atoms with E-state index in [9.17, 15) is 9.90 Å². The van der Waals surface area contributed by atoms with Crippen molar-refractivity contribution >= 4 is 5.78 Å². The fraction of sp³-hybridized carbons (Fsp3) is 0.690. The number of carbonyl (C=O) groups excluding carboxylic acids is 1. The summed E-state index contributed by atoms with van der Waals surface area (Å²) in [5, 5.41) is 9.54. The maximum Gasteiger partial charge on any atom is 0.161 e. The zero-order valence-corrected chi connectivity index (χ0v) is 22.0. The number of aryl methyl sites for hydroxylation is 1. The van der Waals surface area contributed by atoms with Crippen LogP contribution in [0.5, 0.6) is 5.75 Å². The number of rotatable bonds is 10. The largest absolute Gasteiger partial charge is 0.508 e. The summed E-state index contributed by atoms with van der Waals surface area (Å²) in [5.74, 6) is 0.995. The van der Waals surface area contributed by atoms with E-state index in [1.165, 1.54) is 17.6 Å². The van der Waals surface area contributed by atoms with Crippen molar-refractivity contribution < 1.29 is 14.6 Å². The summed E-state index contributed by atoms with van der Waals surface area (Å²) in [6.07, 6.45) is 9.36. The van der Waals surface area contributed by atoms with Crippen LogP contribution < -0.4 is 0 Å². The van der Waals surface area contributed by atoms with E-state index in [1.54, 1.807) is 13.2 Å². The zero-order valence-electron chi connectivity index (χ0n) is 22.0. The molecule has 0 aromatic heterocycles. The summed E-state index contributed by atoms with van der Waals surface area (Å²) in [4.78, 5) is 13.2. The van der Waals surface area contributed by atoms with E-state index in [0.717, 1.165) is 50.5 Å². The van der Waals surface area contributed by atoms with E-state index in [0.29, 0.717) is 18.1 Å². The van der Waals surface area contributed by atoms with E-state index >= 15 is 0 Å². The lowest BCUT2D eigenvalue weighted by atomic mass is 9.62. The molecule has 0 bridgehead atoms. The first kappa shape index (κ1) is 28.4. The Morgan fingerprint density at radius 3 is 2.41 bits per heavy atom. The Kier molecular flexibility index (Phi) is 11.7. The number of Topliss-reactive ketones (excluding diaryl/α,β-unsaturated/α-hetero) is 1. The minimum atomic E-state index is -0.507. The normalized spacial score (nSPS) is 21.0. The van der Waals surface area contributed by atoms with Crippen molar-refractivity contribution in [2.75, 3.05) is 7.11 Å². The summed E-state index contributed by atoms with van der Waals surface area (Å²) in [6, 6.07) is 7.52. The first-order chi connectivity index (χ1) is 15.0. The minimum absolute atomic E-state index is 0.0403. The van der Waals surface area contributed by atoms with Crippen LogP contribution in [0.25, 0.3) is 0 Å². The molecule has 1 aliphatic rings. The first-order valence-electron chi connectivity index (χ1n) is 12.6. The topological polar surface area (TPSA) is 46.5 Å². The third kappa shape index (κ3) is 7.76. The van der Waals surface area contributed by atoms with Gasteiger partial charge in [-0.05, 0) is 68.6 Å². The Bertz CT molecular complexity index is 747.